The second kappa shape index (κ2) is 6.84. The average Bonchev–Trinajstić information content (AvgIpc) is 2.46. The van der Waals surface area contributed by atoms with Crippen molar-refractivity contribution in [2.24, 2.45) is 0 Å². The SMILES string of the molecule is CCCc1nc(NC)cc(NCc2ncccc2C)n1. The van der Waals surface area contributed by atoms with Crippen molar-refractivity contribution in [1.82, 2.24) is 15.0 Å². The quantitative estimate of drug-likeness (QED) is 0.846. The van der Waals surface area contributed by atoms with Gasteiger partial charge in [0.25, 0.3) is 0 Å². The van der Waals surface area contributed by atoms with Crippen LogP contribution in [0.1, 0.15) is 30.4 Å². The first kappa shape index (κ1) is 14.2. The Bertz CT molecular complexity index is 568. The van der Waals surface area contributed by atoms with Crippen LogP contribution in [-0.4, -0.2) is 22.0 Å². The van der Waals surface area contributed by atoms with Crippen LogP contribution in [0.3, 0.4) is 0 Å². The largest absolute Gasteiger partial charge is 0.373 e. The van der Waals surface area contributed by atoms with Gasteiger partial charge in [0.1, 0.15) is 17.5 Å². The minimum absolute atomic E-state index is 0.665. The Hall–Kier alpha value is -2.17. The smallest absolute Gasteiger partial charge is 0.133 e. The standard InChI is InChI=1S/C15H21N5/c1-4-6-13-19-14(16-3)9-15(20-13)18-10-12-11(2)7-5-8-17-12/h5,7-9H,4,6,10H2,1-3H3,(H2,16,18,19,20). The van der Waals surface area contributed by atoms with Crippen LogP contribution in [0.25, 0.3) is 0 Å². The molecule has 2 rings (SSSR count). The van der Waals surface area contributed by atoms with E-state index < -0.39 is 0 Å². The first-order valence-electron chi connectivity index (χ1n) is 6.93. The average molecular weight is 271 g/mol. The summed E-state index contributed by atoms with van der Waals surface area (Å²) in [4.78, 5) is 13.3. The second-order valence-corrected chi connectivity index (χ2v) is 4.68. The molecule has 0 amide bonds. The molecule has 0 saturated heterocycles. The third kappa shape index (κ3) is 3.66. The van der Waals surface area contributed by atoms with Crippen LogP contribution in [0.4, 0.5) is 11.6 Å². The Morgan fingerprint density at radius 1 is 1.20 bits per heavy atom. The lowest BCUT2D eigenvalue weighted by Crippen LogP contribution is -2.08. The molecular formula is C15H21N5. The molecule has 0 saturated carbocycles. The Labute approximate surface area is 119 Å². The number of nitrogens with zero attached hydrogens (tertiary/aromatic N) is 3. The van der Waals surface area contributed by atoms with Gasteiger partial charge >= 0.3 is 0 Å². The van der Waals surface area contributed by atoms with Crippen molar-refractivity contribution in [3.8, 4) is 0 Å². The van der Waals surface area contributed by atoms with E-state index in [1.807, 2.05) is 25.4 Å². The maximum atomic E-state index is 4.53. The van der Waals surface area contributed by atoms with Gasteiger partial charge in [-0.15, -0.1) is 0 Å². The van der Waals surface area contributed by atoms with E-state index in [1.165, 1.54) is 5.56 Å². The van der Waals surface area contributed by atoms with E-state index in [0.29, 0.717) is 6.54 Å². The zero-order chi connectivity index (χ0) is 14.4. The van der Waals surface area contributed by atoms with Gasteiger partial charge in [-0.1, -0.05) is 13.0 Å². The molecule has 106 valence electrons. The van der Waals surface area contributed by atoms with E-state index in [-0.39, 0.29) is 0 Å². The highest BCUT2D eigenvalue weighted by atomic mass is 15.1. The minimum Gasteiger partial charge on any atom is -0.373 e. The Balaban J connectivity index is 2.12. The zero-order valence-electron chi connectivity index (χ0n) is 12.3. The van der Waals surface area contributed by atoms with E-state index in [9.17, 15) is 0 Å². The summed E-state index contributed by atoms with van der Waals surface area (Å²) in [7, 11) is 1.87. The fourth-order valence-electron chi connectivity index (χ4n) is 1.93. The summed E-state index contributed by atoms with van der Waals surface area (Å²) in [6.45, 7) is 4.85. The topological polar surface area (TPSA) is 62.7 Å². The van der Waals surface area contributed by atoms with Gasteiger partial charge < -0.3 is 10.6 Å². The maximum Gasteiger partial charge on any atom is 0.133 e. The summed E-state index contributed by atoms with van der Waals surface area (Å²) in [5.41, 5.74) is 2.21. The number of hydrogen-bond acceptors (Lipinski definition) is 5. The van der Waals surface area contributed by atoms with Crippen molar-refractivity contribution < 1.29 is 0 Å². The predicted octanol–water partition coefficient (Wildman–Crippen LogP) is 2.79. The van der Waals surface area contributed by atoms with Crippen molar-refractivity contribution in [1.29, 1.82) is 0 Å². The molecule has 5 heteroatoms. The Kier molecular flexibility index (Phi) is 4.87. The molecule has 0 atom stereocenters. The van der Waals surface area contributed by atoms with Crippen LogP contribution < -0.4 is 10.6 Å². The molecule has 0 aromatic carbocycles. The number of nitrogens with one attached hydrogen (secondary N) is 2. The van der Waals surface area contributed by atoms with Crippen LogP contribution in [0, 0.1) is 6.92 Å². The number of hydrogen-bond donors (Lipinski definition) is 2. The molecule has 2 aromatic rings. The van der Waals surface area contributed by atoms with E-state index in [1.54, 1.807) is 0 Å². The zero-order valence-corrected chi connectivity index (χ0v) is 12.3. The molecular weight excluding hydrogens is 250 g/mol. The summed E-state index contributed by atoms with van der Waals surface area (Å²) in [6, 6.07) is 5.92. The van der Waals surface area contributed by atoms with Crippen molar-refractivity contribution in [2.45, 2.75) is 33.2 Å². The molecule has 0 radical (unpaired) electrons. The lowest BCUT2D eigenvalue weighted by molar-refractivity contribution is 0.834. The highest BCUT2D eigenvalue weighted by Crippen LogP contribution is 2.13. The highest BCUT2D eigenvalue weighted by molar-refractivity contribution is 5.47. The molecule has 0 aliphatic carbocycles. The summed E-state index contributed by atoms with van der Waals surface area (Å²) >= 11 is 0. The molecule has 0 fully saturated rings. The second-order valence-electron chi connectivity index (χ2n) is 4.68. The molecule has 0 spiro atoms. The van der Waals surface area contributed by atoms with E-state index >= 15 is 0 Å². The maximum absolute atomic E-state index is 4.53. The molecule has 2 heterocycles. The number of pyridine rings is 1. The minimum atomic E-state index is 0.665. The Morgan fingerprint density at radius 3 is 2.70 bits per heavy atom. The molecule has 0 aliphatic heterocycles. The normalized spacial score (nSPS) is 10.3. The lowest BCUT2D eigenvalue weighted by atomic mass is 10.2. The van der Waals surface area contributed by atoms with Gasteiger partial charge in [0.15, 0.2) is 0 Å². The fraction of sp³-hybridized carbons (Fsp3) is 0.400. The first-order valence-corrected chi connectivity index (χ1v) is 6.93. The van der Waals surface area contributed by atoms with Crippen LogP contribution in [0.2, 0.25) is 0 Å². The van der Waals surface area contributed by atoms with E-state index in [2.05, 4.69) is 45.5 Å². The molecule has 0 aliphatic rings. The summed E-state index contributed by atoms with van der Waals surface area (Å²) in [5.74, 6) is 2.53. The molecule has 0 unspecified atom stereocenters. The molecule has 2 aromatic heterocycles. The van der Waals surface area contributed by atoms with Gasteiger partial charge in [-0.05, 0) is 25.0 Å². The van der Waals surface area contributed by atoms with Crippen LogP contribution in [-0.2, 0) is 13.0 Å². The van der Waals surface area contributed by atoms with Crippen molar-refractivity contribution in [3.63, 3.8) is 0 Å². The molecule has 0 bridgehead atoms. The first-order chi connectivity index (χ1) is 9.72. The number of rotatable bonds is 6. The summed E-state index contributed by atoms with van der Waals surface area (Å²) in [6.07, 6.45) is 3.73. The van der Waals surface area contributed by atoms with Crippen molar-refractivity contribution in [3.05, 3.63) is 41.5 Å². The lowest BCUT2D eigenvalue weighted by Gasteiger charge is -2.10. The van der Waals surface area contributed by atoms with Crippen LogP contribution >= 0.6 is 0 Å². The van der Waals surface area contributed by atoms with Crippen molar-refractivity contribution >= 4 is 11.6 Å². The van der Waals surface area contributed by atoms with Crippen molar-refractivity contribution in [2.75, 3.05) is 17.7 Å². The van der Waals surface area contributed by atoms with E-state index in [4.69, 9.17) is 0 Å². The third-order valence-corrected chi connectivity index (χ3v) is 3.06. The summed E-state index contributed by atoms with van der Waals surface area (Å²) < 4.78 is 0. The number of anilines is 2. The number of aromatic nitrogens is 3. The molecule has 2 N–H and O–H groups in total. The monoisotopic (exact) mass is 271 g/mol. The molecule has 20 heavy (non-hydrogen) atoms. The fourth-order valence-corrected chi connectivity index (χ4v) is 1.93. The van der Waals surface area contributed by atoms with E-state index in [0.717, 1.165) is 36.0 Å². The third-order valence-electron chi connectivity index (χ3n) is 3.06. The van der Waals surface area contributed by atoms with Gasteiger partial charge in [0, 0.05) is 25.7 Å². The van der Waals surface area contributed by atoms with Gasteiger partial charge in [0.2, 0.25) is 0 Å². The van der Waals surface area contributed by atoms with Gasteiger partial charge in [0.05, 0.1) is 12.2 Å². The van der Waals surface area contributed by atoms with Crippen LogP contribution in [0.5, 0.6) is 0 Å². The Morgan fingerprint density at radius 2 is 2.00 bits per heavy atom. The number of aryl methyl sites for hydroxylation is 2. The molecule has 5 nitrogen and oxygen atoms in total. The van der Waals surface area contributed by atoms with Gasteiger partial charge in [-0.3, -0.25) is 4.98 Å². The van der Waals surface area contributed by atoms with Gasteiger partial charge in [-0.25, -0.2) is 9.97 Å². The van der Waals surface area contributed by atoms with Gasteiger partial charge in [-0.2, -0.15) is 0 Å². The summed E-state index contributed by atoms with van der Waals surface area (Å²) in [5, 5.41) is 6.39. The highest BCUT2D eigenvalue weighted by Gasteiger charge is 2.04. The van der Waals surface area contributed by atoms with Crippen LogP contribution in [0.15, 0.2) is 24.4 Å². The predicted molar refractivity (Wildman–Crippen MR) is 81.9 cm³/mol.